The summed E-state index contributed by atoms with van der Waals surface area (Å²) in [6.07, 6.45) is 6.56. The van der Waals surface area contributed by atoms with Gasteiger partial charge in [-0.25, -0.2) is 4.98 Å². The Morgan fingerprint density at radius 2 is 2.27 bits per heavy atom. The maximum absolute atomic E-state index is 11.9. The topological polar surface area (TPSA) is 73.1 Å². The Morgan fingerprint density at radius 1 is 1.36 bits per heavy atom. The Morgan fingerprint density at radius 3 is 2.95 bits per heavy atom. The van der Waals surface area contributed by atoms with Gasteiger partial charge in [-0.2, -0.15) is 5.10 Å². The molecule has 1 amide bonds. The highest BCUT2D eigenvalue weighted by atomic mass is 16.5. The molecule has 0 saturated carbocycles. The Balaban J connectivity index is 1.58. The van der Waals surface area contributed by atoms with E-state index in [1.807, 2.05) is 27.8 Å². The molecule has 3 heterocycles. The molecule has 7 nitrogen and oxygen atoms in total. The molecule has 0 unspecified atom stereocenters. The standard InChI is InChI=1S/C15H19N5O2/c1-22-7-6-19-10-12(9-15(19)21)8-13-2-3-14(18-17-13)20-5-4-16-11-20/h2-5,11-12H,6-10H2,1H3/t12-/m1/s1. The molecule has 0 bridgehead atoms. The third-order valence-electron chi connectivity index (χ3n) is 3.83. The first-order valence-electron chi connectivity index (χ1n) is 7.34. The lowest BCUT2D eigenvalue weighted by Crippen LogP contribution is -2.29. The summed E-state index contributed by atoms with van der Waals surface area (Å²) in [5.41, 5.74) is 0.912. The van der Waals surface area contributed by atoms with Gasteiger partial charge in [0.15, 0.2) is 5.82 Å². The van der Waals surface area contributed by atoms with Crippen LogP contribution in [0.3, 0.4) is 0 Å². The largest absolute Gasteiger partial charge is 0.383 e. The summed E-state index contributed by atoms with van der Waals surface area (Å²) in [5, 5.41) is 8.46. The zero-order valence-electron chi connectivity index (χ0n) is 12.6. The first kappa shape index (κ1) is 14.6. The summed E-state index contributed by atoms with van der Waals surface area (Å²) in [6, 6.07) is 3.88. The molecule has 0 N–H and O–H groups in total. The quantitative estimate of drug-likeness (QED) is 0.785. The number of hydrogen-bond donors (Lipinski definition) is 0. The van der Waals surface area contributed by atoms with Crippen molar-refractivity contribution >= 4 is 5.91 Å². The fourth-order valence-electron chi connectivity index (χ4n) is 2.70. The van der Waals surface area contributed by atoms with Gasteiger partial charge in [0.25, 0.3) is 0 Å². The molecule has 0 aromatic carbocycles. The number of carbonyl (C=O) groups is 1. The fourth-order valence-corrected chi connectivity index (χ4v) is 2.70. The number of likely N-dealkylation sites (tertiary alicyclic amines) is 1. The number of aromatic nitrogens is 4. The van der Waals surface area contributed by atoms with Crippen molar-refractivity contribution in [1.82, 2.24) is 24.6 Å². The summed E-state index contributed by atoms with van der Waals surface area (Å²) in [7, 11) is 1.65. The molecule has 1 saturated heterocycles. The van der Waals surface area contributed by atoms with Crippen LogP contribution < -0.4 is 0 Å². The van der Waals surface area contributed by atoms with Gasteiger partial charge in [0.1, 0.15) is 6.33 Å². The minimum absolute atomic E-state index is 0.199. The van der Waals surface area contributed by atoms with Crippen LogP contribution in [0.25, 0.3) is 5.82 Å². The lowest BCUT2D eigenvalue weighted by atomic mass is 10.0. The SMILES string of the molecule is COCCN1C[C@H](Cc2ccc(-n3ccnc3)nn2)CC1=O. The summed E-state index contributed by atoms with van der Waals surface area (Å²) in [5.74, 6) is 1.24. The number of ether oxygens (including phenoxy) is 1. The Kier molecular flexibility index (Phi) is 4.43. The van der Waals surface area contributed by atoms with Crippen LogP contribution in [-0.2, 0) is 16.0 Å². The van der Waals surface area contributed by atoms with Gasteiger partial charge >= 0.3 is 0 Å². The zero-order chi connectivity index (χ0) is 15.4. The monoisotopic (exact) mass is 301 g/mol. The average Bonchev–Trinajstić information content (AvgIpc) is 3.16. The van der Waals surface area contributed by atoms with Gasteiger partial charge in [0.2, 0.25) is 5.91 Å². The lowest BCUT2D eigenvalue weighted by Gasteiger charge is -2.15. The van der Waals surface area contributed by atoms with Gasteiger partial charge in [-0.15, -0.1) is 5.10 Å². The van der Waals surface area contributed by atoms with Crippen LogP contribution in [0, 0.1) is 5.92 Å². The van der Waals surface area contributed by atoms with Crippen molar-refractivity contribution in [2.24, 2.45) is 5.92 Å². The van der Waals surface area contributed by atoms with Crippen LogP contribution in [0.1, 0.15) is 12.1 Å². The van der Waals surface area contributed by atoms with Crippen molar-refractivity contribution in [3.05, 3.63) is 36.5 Å². The van der Waals surface area contributed by atoms with Gasteiger partial charge in [-0.3, -0.25) is 9.36 Å². The van der Waals surface area contributed by atoms with Crippen molar-refractivity contribution in [3.8, 4) is 5.82 Å². The lowest BCUT2D eigenvalue weighted by molar-refractivity contribution is -0.128. The van der Waals surface area contributed by atoms with Crippen LogP contribution in [0.15, 0.2) is 30.9 Å². The summed E-state index contributed by atoms with van der Waals surface area (Å²) < 4.78 is 6.84. The maximum atomic E-state index is 11.9. The van der Waals surface area contributed by atoms with E-state index in [1.54, 1.807) is 19.6 Å². The van der Waals surface area contributed by atoms with E-state index < -0.39 is 0 Å². The molecule has 1 aliphatic heterocycles. The molecule has 0 radical (unpaired) electrons. The zero-order valence-corrected chi connectivity index (χ0v) is 12.6. The molecule has 1 atom stereocenters. The molecule has 2 aromatic heterocycles. The first-order valence-corrected chi connectivity index (χ1v) is 7.34. The highest BCUT2D eigenvalue weighted by molar-refractivity contribution is 5.78. The average molecular weight is 301 g/mol. The van der Waals surface area contributed by atoms with Gasteiger partial charge in [0, 0.05) is 39.0 Å². The van der Waals surface area contributed by atoms with E-state index in [2.05, 4.69) is 15.2 Å². The molecule has 1 aliphatic rings. The predicted molar refractivity (Wildman–Crippen MR) is 79.4 cm³/mol. The Bertz CT molecular complexity index is 611. The minimum Gasteiger partial charge on any atom is -0.383 e. The Hall–Kier alpha value is -2.28. The summed E-state index contributed by atoms with van der Waals surface area (Å²) in [4.78, 5) is 17.8. The second-order valence-electron chi connectivity index (χ2n) is 5.46. The molecule has 22 heavy (non-hydrogen) atoms. The molecule has 1 fully saturated rings. The van der Waals surface area contributed by atoms with Crippen molar-refractivity contribution in [2.75, 3.05) is 26.8 Å². The van der Waals surface area contributed by atoms with E-state index in [-0.39, 0.29) is 5.91 Å². The number of methoxy groups -OCH3 is 1. The molecule has 3 rings (SSSR count). The third-order valence-corrected chi connectivity index (χ3v) is 3.83. The second kappa shape index (κ2) is 6.65. The van der Waals surface area contributed by atoms with E-state index in [0.717, 1.165) is 24.5 Å². The van der Waals surface area contributed by atoms with Crippen LogP contribution in [0.5, 0.6) is 0 Å². The number of nitrogens with zero attached hydrogens (tertiary/aromatic N) is 5. The van der Waals surface area contributed by atoms with Crippen LogP contribution in [-0.4, -0.2) is 57.4 Å². The van der Waals surface area contributed by atoms with E-state index >= 15 is 0 Å². The van der Waals surface area contributed by atoms with Crippen molar-refractivity contribution in [1.29, 1.82) is 0 Å². The molecule has 2 aromatic rings. The maximum Gasteiger partial charge on any atom is 0.223 e. The van der Waals surface area contributed by atoms with E-state index in [4.69, 9.17) is 4.74 Å². The summed E-state index contributed by atoms with van der Waals surface area (Å²) in [6.45, 7) is 2.02. The van der Waals surface area contributed by atoms with E-state index in [1.165, 1.54) is 0 Å². The highest BCUT2D eigenvalue weighted by Crippen LogP contribution is 2.21. The van der Waals surface area contributed by atoms with Gasteiger partial charge < -0.3 is 9.64 Å². The normalized spacial score (nSPS) is 18.1. The molecule has 0 spiro atoms. The van der Waals surface area contributed by atoms with Crippen LogP contribution in [0.4, 0.5) is 0 Å². The van der Waals surface area contributed by atoms with Crippen LogP contribution in [0.2, 0.25) is 0 Å². The van der Waals surface area contributed by atoms with E-state index in [0.29, 0.717) is 25.5 Å². The number of imidazole rings is 1. The third kappa shape index (κ3) is 3.30. The molecule has 116 valence electrons. The smallest absolute Gasteiger partial charge is 0.223 e. The Labute approximate surface area is 128 Å². The van der Waals surface area contributed by atoms with Crippen molar-refractivity contribution in [2.45, 2.75) is 12.8 Å². The summed E-state index contributed by atoms with van der Waals surface area (Å²) >= 11 is 0. The number of hydrogen-bond acceptors (Lipinski definition) is 5. The number of amides is 1. The molecule has 0 aliphatic carbocycles. The second-order valence-corrected chi connectivity index (χ2v) is 5.46. The number of rotatable bonds is 6. The van der Waals surface area contributed by atoms with Crippen molar-refractivity contribution in [3.63, 3.8) is 0 Å². The number of carbonyl (C=O) groups excluding carboxylic acids is 1. The molecule has 7 heteroatoms. The fraction of sp³-hybridized carbons (Fsp3) is 0.467. The predicted octanol–water partition coefficient (Wildman–Crippen LogP) is 0.700. The molecular formula is C15H19N5O2. The van der Waals surface area contributed by atoms with Gasteiger partial charge in [-0.1, -0.05) is 0 Å². The van der Waals surface area contributed by atoms with Gasteiger partial charge in [0.05, 0.1) is 12.3 Å². The van der Waals surface area contributed by atoms with Crippen LogP contribution >= 0.6 is 0 Å². The van der Waals surface area contributed by atoms with E-state index in [9.17, 15) is 4.79 Å². The highest BCUT2D eigenvalue weighted by Gasteiger charge is 2.29. The van der Waals surface area contributed by atoms with Gasteiger partial charge in [-0.05, 0) is 24.5 Å². The minimum atomic E-state index is 0.199. The van der Waals surface area contributed by atoms with Crippen molar-refractivity contribution < 1.29 is 9.53 Å². The molecular weight excluding hydrogens is 282 g/mol. The first-order chi connectivity index (χ1) is 10.8.